The minimum Gasteiger partial charge on any atom is -0.461 e. The fraction of sp³-hybridized carbons (Fsp3) is 0.118. The highest BCUT2D eigenvalue weighted by Gasteiger charge is 2.20. The van der Waals surface area contributed by atoms with Gasteiger partial charge in [0.15, 0.2) is 15.6 Å². The van der Waals surface area contributed by atoms with Gasteiger partial charge in [0.1, 0.15) is 12.4 Å². The Hall–Kier alpha value is -2.47. The monoisotopic (exact) mass is 334 g/mol. The Morgan fingerprint density at radius 2 is 1.70 bits per heavy atom. The molecule has 2 aromatic rings. The topological polar surface area (TPSA) is 60.4 Å². The molecule has 120 valence electrons. The van der Waals surface area contributed by atoms with Gasteiger partial charge in [-0.1, -0.05) is 36.4 Å². The lowest BCUT2D eigenvalue weighted by atomic mass is 10.2. The summed E-state index contributed by atoms with van der Waals surface area (Å²) in [5.74, 6) is -2.18. The van der Waals surface area contributed by atoms with E-state index in [1.807, 2.05) is 30.3 Å². The van der Waals surface area contributed by atoms with Crippen LogP contribution in [0.4, 0.5) is 4.39 Å². The van der Waals surface area contributed by atoms with E-state index in [1.54, 1.807) is 12.2 Å². The molecule has 2 aromatic carbocycles. The Balaban J connectivity index is 1.87. The van der Waals surface area contributed by atoms with Gasteiger partial charge in [0, 0.05) is 0 Å². The zero-order valence-electron chi connectivity index (χ0n) is 12.2. The first-order valence-corrected chi connectivity index (χ1v) is 8.48. The van der Waals surface area contributed by atoms with Crippen molar-refractivity contribution in [2.24, 2.45) is 0 Å². The molecule has 0 amide bonds. The van der Waals surface area contributed by atoms with E-state index >= 15 is 0 Å². The molecule has 0 aliphatic heterocycles. The van der Waals surface area contributed by atoms with Gasteiger partial charge in [-0.3, -0.25) is 4.79 Å². The van der Waals surface area contributed by atoms with Crippen molar-refractivity contribution in [3.8, 4) is 0 Å². The van der Waals surface area contributed by atoms with Crippen LogP contribution in [0.25, 0.3) is 6.08 Å². The van der Waals surface area contributed by atoms with Gasteiger partial charge in [0.2, 0.25) is 0 Å². The first-order valence-electron chi connectivity index (χ1n) is 6.83. The van der Waals surface area contributed by atoms with Crippen molar-refractivity contribution >= 4 is 21.9 Å². The molecule has 0 spiro atoms. The van der Waals surface area contributed by atoms with Crippen LogP contribution >= 0.6 is 0 Å². The average Bonchev–Trinajstić information content (AvgIpc) is 2.52. The zero-order chi connectivity index (χ0) is 16.7. The predicted octanol–water partition coefficient (Wildman–Crippen LogP) is 2.86. The van der Waals surface area contributed by atoms with Crippen molar-refractivity contribution in [2.45, 2.75) is 4.90 Å². The number of carbonyl (C=O) groups is 1. The second-order valence-corrected chi connectivity index (χ2v) is 6.70. The third-order valence-electron chi connectivity index (χ3n) is 2.93. The van der Waals surface area contributed by atoms with E-state index < -0.39 is 27.4 Å². The molecule has 0 unspecified atom stereocenters. The molecule has 0 heterocycles. The molecule has 0 saturated heterocycles. The zero-order valence-corrected chi connectivity index (χ0v) is 13.0. The summed E-state index contributed by atoms with van der Waals surface area (Å²) in [5.41, 5.74) is 0.947. The number of benzene rings is 2. The predicted molar refractivity (Wildman–Crippen MR) is 84.9 cm³/mol. The molecule has 0 fully saturated rings. The van der Waals surface area contributed by atoms with Crippen LogP contribution in [0.5, 0.6) is 0 Å². The van der Waals surface area contributed by atoms with Crippen LogP contribution in [0, 0.1) is 5.82 Å². The van der Waals surface area contributed by atoms with Crippen molar-refractivity contribution in [1.82, 2.24) is 0 Å². The highest BCUT2D eigenvalue weighted by molar-refractivity contribution is 7.92. The van der Waals surface area contributed by atoms with Gasteiger partial charge in [0.25, 0.3) is 0 Å². The second kappa shape index (κ2) is 7.69. The van der Waals surface area contributed by atoms with Crippen molar-refractivity contribution in [3.05, 3.63) is 72.1 Å². The van der Waals surface area contributed by atoms with Crippen LogP contribution in [0.15, 0.2) is 65.6 Å². The Labute approximate surface area is 134 Å². The number of hydrogen-bond acceptors (Lipinski definition) is 4. The van der Waals surface area contributed by atoms with Crippen molar-refractivity contribution in [3.63, 3.8) is 0 Å². The van der Waals surface area contributed by atoms with Gasteiger partial charge >= 0.3 is 5.97 Å². The maximum atomic E-state index is 12.8. The molecule has 23 heavy (non-hydrogen) atoms. The molecule has 6 heteroatoms. The highest BCUT2D eigenvalue weighted by atomic mass is 32.2. The van der Waals surface area contributed by atoms with Crippen LogP contribution in [0.1, 0.15) is 5.56 Å². The Bertz CT molecular complexity index is 781. The van der Waals surface area contributed by atoms with E-state index in [0.717, 1.165) is 29.8 Å². The standard InChI is InChI=1S/C17H15FO4S/c18-15-8-10-16(11-9-15)23(20,21)13-17(19)22-12-4-7-14-5-2-1-3-6-14/h1-11H,12-13H2. The summed E-state index contributed by atoms with van der Waals surface area (Å²) in [7, 11) is -3.83. The van der Waals surface area contributed by atoms with Gasteiger partial charge in [-0.25, -0.2) is 12.8 Å². The molecule has 0 N–H and O–H groups in total. The van der Waals surface area contributed by atoms with E-state index in [9.17, 15) is 17.6 Å². The van der Waals surface area contributed by atoms with Gasteiger partial charge in [0.05, 0.1) is 4.90 Å². The van der Waals surface area contributed by atoms with Crippen LogP contribution in [0.3, 0.4) is 0 Å². The van der Waals surface area contributed by atoms with Gasteiger partial charge < -0.3 is 4.74 Å². The summed E-state index contributed by atoms with van der Waals surface area (Å²) in [4.78, 5) is 11.5. The summed E-state index contributed by atoms with van der Waals surface area (Å²) < 4.78 is 41.6. The summed E-state index contributed by atoms with van der Waals surface area (Å²) >= 11 is 0. The largest absolute Gasteiger partial charge is 0.461 e. The summed E-state index contributed by atoms with van der Waals surface area (Å²) in [5, 5.41) is 0. The smallest absolute Gasteiger partial charge is 0.321 e. The van der Waals surface area contributed by atoms with Crippen molar-refractivity contribution in [2.75, 3.05) is 12.4 Å². The molecule has 0 atom stereocenters. The molecule has 0 aromatic heterocycles. The first-order chi connectivity index (χ1) is 11.0. The number of esters is 1. The number of rotatable bonds is 6. The van der Waals surface area contributed by atoms with Gasteiger partial charge in [-0.2, -0.15) is 0 Å². The van der Waals surface area contributed by atoms with Crippen molar-refractivity contribution in [1.29, 1.82) is 0 Å². The number of halogens is 1. The molecule has 0 aliphatic rings. The first kappa shape index (κ1) is 16.9. The molecule has 0 bridgehead atoms. The minimum absolute atomic E-state index is 0.0212. The lowest BCUT2D eigenvalue weighted by Gasteiger charge is -2.04. The van der Waals surface area contributed by atoms with Crippen LogP contribution in [-0.2, 0) is 19.4 Å². The molecule has 0 radical (unpaired) electrons. The number of hydrogen-bond donors (Lipinski definition) is 0. The maximum absolute atomic E-state index is 12.8. The maximum Gasteiger partial charge on any atom is 0.321 e. The molecule has 0 saturated carbocycles. The molecule has 4 nitrogen and oxygen atoms in total. The average molecular weight is 334 g/mol. The summed E-state index contributed by atoms with van der Waals surface area (Å²) in [6, 6.07) is 13.7. The van der Waals surface area contributed by atoms with Crippen LogP contribution < -0.4 is 0 Å². The molecular formula is C17H15FO4S. The highest BCUT2D eigenvalue weighted by Crippen LogP contribution is 2.12. The van der Waals surface area contributed by atoms with E-state index in [0.29, 0.717) is 0 Å². The number of carbonyl (C=O) groups excluding carboxylic acids is 1. The normalized spacial score (nSPS) is 11.5. The third-order valence-corrected chi connectivity index (χ3v) is 4.54. The summed E-state index contributed by atoms with van der Waals surface area (Å²) in [6.07, 6.45) is 3.39. The lowest BCUT2D eigenvalue weighted by Crippen LogP contribution is -2.18. The Kier molecular flexibility index (Phi) is 5.65. The van der Waals surface area contributed by atoms with E-state index in [2.05, 4.69) is 0 Å². The Morgan fingerprint density at radius 1 is 1.04 bits per heavy atom. The Morgan fingerprint density at radius 3 is 2.35 bits per heavy atom. The van der Waals surface area contributed by atoms with Crippen molar-refractivity contribution < 1.29 is 22.3 Å². The van der Waals surface area contributed by atoms with E-state index in [4.69, 9.17) is 4.74 Å². The van der Waals surface area contributed by atoms with Crippen LogP contribution in [0.2, 0.25) is 0 Å². The minimum atomic E-state index is -3.83. The SMILES string of the molecule is O=C(CS(=O)(=O)c1ccc(F)cc1)OCC=Cc1ccccc1. The molecule has 0 aliphatic carbocycles. The van der Waals surface area contributed by atoms with E-state index in [1.165, 1.54) is 0 Å². The van der Waals surface area contributed by atoms with Gasteiger partial charge in [-0.15, -0.1) is 0 Å². The van der Waals surface area contributed by atoms with Crippen LogP contribution in [-0.4, -0.2) is 26.7 Å². The quantitative estimate of drug-likeness (QED) is 0.602. The molecule has 2 rings (SSSR count). The number of sulfone groups is 1. The van der Waals surface area contributed by atoms with E-state index in [-0.39, 0.29) is 11.5 Å². The third kappa shape index (κ3) is 5.34. The van der Waals surface area contributed by atoms with Gasteiger partial charge in [-0.05, 0) is 35.9 Å². The summed E-state index contributed by atoms with van der Waals surface area (Å²) in [6.45, 7) is -0.0212. The lowest BCUT2D eigenvalue weighted by molar-refractivity contribution is -0.139. The fourth-order valence-electron chi connectivity index (χ4n) is 1.81. The fourth-order valence-corrected chi connectivity index (χ4v) is 2.92. The molecular weight excluding hydrogens is 319 g/mol. The second-order valence-electron chi connectivity index (χ2n) is 4.71. The number of ether oxygens (including phenoxy) is 1.